The fourth-order valence-corrected chi connectivity index (χ4v) is 2.77. The van der Waals surface area contributed by atoms with Gasteiger partial charge in [0.2, 0.25) is 0 Å². The Hall–Kier alpha value is -1.08. The summed E-state index contributed by atoms with van der Waals surface area (Å²) in [4.78, 5) is 10.0. The van der Waals surface area contributed by atoms with Crippen LogP contribution in [0.1, 0.15) is 24.7 Å². The van der Waals surface area contributed by atoms with E-state index in [9.17, 15) is 13.2 Å². The van der Waals surface area contributed by atoms with Crippen LogP contribution >= 0.6 is 11.6 Å². The molecule has 0 aromatic carbocycles. The van der Waals surface area contributed by atoms with Gasteiger partial charge in [-0.1, -0.05) is 18.5 Å². The monoisotopic (exact) mass is 336 g/mol. The van der Waals surface area contributed by atoms with Gasteiger partial charge >= 0.3 is 6.18 Å². The smallest absolute Gasteiger partial charge is 0.369 e. The Morgan fingerprint density at radius 3 is 2.73 bits per heavy atom. The minimum atomic E-state index is -4.13. The highest BCUT2D eigenvalue weighted by Crippen LogP contribution is 2.24. The fourth-order valence-electron chi connectivity index (χ4n) is 2.58. The number of aryl methyl sites for hydroxylation is 1. The third-order valence-electron chi connectivity index (χ3n) is 3.78. The Morgan fingerprint density at radius 1 is 1.36 bits per heavy atom. The summed E-state index contributed by atoms with van der Waals surface area (Å²) < 4.78 is 37.1. The first-order valence-corrected chi connectivity index (χ1v) is 7.72. The van der Waals surface area contributed by atoms with Gasteiger partial charge in [-0.3, -0.25) is 4.90 Å². The Morgan fingerprint density at radius 2 is 2.09 bits per heavy atom. The van der Waals surface area contributed by atoms with Crippen molar-refractivity contribution >= 4 is 17.4 Å². The van der Waals surface area contributed by atoms with E-state index >= 15 is 0 Å². The zero-order chi connectivity index (χ0) is 16.3. The standard InChI is InChI=1S/C14H20ClF3N4/c1-3-11-20-12(15)9(2)13(21-11)19-6-10-4-5-22(7-10)8-14(16,17)18/h10H,3-8H2,1-2H3,(H,19,20,21). The fraction of sp³-hybridized carbons (Fsp3) is 0.714. The summed E-state index contributed by atoms with van der Waals surface area (Å²) in [6.45, 7) is 4.46. The highest BCUT2D eigenvalue weighted by Gasteiger charge is 2.34. The van der Waals surface area contributed by atoms with Crippen LogP contribution in [0, 0.1) is 12.8 Å². The predicted molar refractivity (Wildman–Crippen MR) is 80.2 cm³/mol. The second kappa shape index (κ2) is 7.00. The Kier molecular flexibility index (Phi) is 5.50. The second-order valence-electron chi connectivity index (χ2n) is 5.64. The molecule has 1 fully saturated rings. The van der Waals surface area contributed by atoms with E-state index in [2.05, 4.69) is 15.3 Å². The van der Waals surface area contributed by atoms with E-state index < -0.39 is 12.7 Å². The zero-order valence-corrected chi connectivity index (χ0v) is 13.4. The molecule has 124 valence electrons. The molecule has 1 atom stereocenters. The molecule has 0 bridgehead atoms. The first-order valence-electron chi connectivity index (χ1n) is 7.34. The molecule has 0 spiro atoms. The van der Waals surface area contributed by atoms with E-state index in [1.165, 1.54) is 4.90 Å². The minimum Gasteiger partial charge on any atom is -0.369 e. The SMILES string of the molecule is CCc1nc(Cl)c(C)c(NCC2CCN(CC(F)(F)F)C2)n1. The minimum absolute atomic E-state index is 0.181. The molecule has 1 aliphatic heterocycles. The van der Waals surface area contributed by atoms with Gasteiger partial charge < -0.3 is 5.32 Å². The first kappa shape index (κ1) is 17.3. The number of likely N-dealkylation sites (tertiary alicyclic amines) is 1. The molecular formula is C14H20ClF3N4. The number of rotatable bonds is 5. The van der Waals surface area contributed by atoms with Crippen molar-refractivity contribution in [1.82, 2.24) is 14.9 Å². The quantitative estimate of drug-likeness (QED) is 0.838. The van der Waals surface area contributed by atoms with Crippen molar-refractivity contribution in [3.05, 3.63) is 16.5 Å². The summed E-state index contributed by atoms with van der Waals surface area (Å²) in [6, 6.07) is 0. The number of nitrogens with one attached hydrogen (secondary N) is 1. The molecule has 0 radical (unpaired) electrons. The van der Waals surface area contributed by atoms with Crippen molar-refractivity contribution in [3.63, 3.8) is 0 Å². The predicted octanol–water partition coefficient (Wildman–Crippen LogP) is 3.30. The van der Waals surface area contributed by atoms with E-state index in [0.29, 0.717) is 42.9 Å². The maximum atomic E-state index is 12.4. The lowest BCUT2D eigenvalue weighted by atomic mass is 10.1. The van der Waals surface area contributed by atoms with Gasteiger partial charge in [0.1, 0.15) is 16.8 Å². The average molecular weight is 337 g/mol. The Balaban J connectivity index is 1.90. The van der Waals surface area contributed by atoms with Crippen LogP contribution in [0.3, 0.4) is 0 Å². The van der Waals surface area contributed by atoms with Crippen molar-refractivity contribution in [1.29, 1.82) is 0 Å². The molecule has 22 heavy (non-hydrogen) atoms. The highest BCUT2D eigenvalue weighted by molar-refractivity contribution is 6.30. The lowest BCUT2D eigenvalue weighted by Crippen LogP contribution is -2.33. The van der Waals surface area contributed by atoms with Crippen LogP contribution in [-0.4, -0.2) is 47.2 Å². The number of halogens is 4. The van der Waals surface area contributed by atoms with Gasteiger partial charge in [0.25, 0.3) is 0 Å². The summed E-state index contributed by atoms with van der Waals surface area (Å²) in [5.74, 6) is 1.51. The van der Waals surface area contributed by atoms with Crippen LogP contribution in [0.2, 0.25) is 5.15 Å². The van der Waals surface area contributed by atoms with Crippen LogP contribution in [-0.2, 0) is 6.42 Å². The molecule has 1 aromatic rings. The summed E-state index contributed by atoms with van der Waals surface area (Å²) in [5.41, 5.74) is 0.768. The van der Waals surface area contributed by atoms with Crippen molar-refractivity contribution in [2.75, 3.05) is 31.5 Å². The van der Waals surface area contributed by atoms with E-state index in [0.717, 1.165) is 12.0 Å². The molecule has 0 aliphatic carbocycles. The molecule has 1 unspecified atom stereocenters. The van der Waals surface area contributed by atoms with Crippen molar-refractivity contribution < 1.29 is 13.2 Å². The summed E-state index contributed by atoms with van der Waals surface area (Å²) >= 11 is 6.06. The summed E-state index contributed by atoms with van der Waals surface area (Å²) in [5, 5.41) is 3.63. The highest BCUT2D eigenvalue weighted by atomic mass is 35.5. The first-order chi connectivity index (χ1) is 10.3. The van der Waals surface area contributed by atoms with Gasteiger partial charge in [0.05, 0.1) is 6.54 Å². The second-order valence-corrected chi connectivity index (χ2v) is 6.00. The molecule has 0 saturated carbocycles. The van der Waals surface area contributed by atoms with Crippen molar-refractivity contribution in [2.45, 2.75) is 32.9 Å². The maximum absolute atomic E-state index is 12.4. The number of anilines is 1. The van der Waals surface area contributed by atoms with E-state index in [4.69, 9.17) is 11.6 Å². The van der Waals surface area contributed by atoms with Gasteiger partial charge in [-0.15, -0.1) is 0 Å². The lowest BCUT2D eigenvalue weighted by Gasteiger charge is -2.18. The molecule has 0 amide bonds. The molecule has 1 aliphatic rings. The molecule has 1 saturated heterocycles. The number of hydrogen-bond acceptors (Lipinski definition) is 4. The number of hydrogen-bond donors (Lipinski definition) is 1. The van der Waals surface area contributed by atoms with Crippen LogP contribution in [0.4, 0.5) is 19.0 Å². The normalized spacial score (nSPS) is 19.6. The largest absolute Gasteiger partial charge is 0.401 e. The maximum Gasteiger partial charge on any atom is 0.401 e. The van der Waals surface area contributed by atoms with Crippen molar-refractivity contribution in [3.8, 4) is 0 Å². The molecule has 8 heteroatoms. The molecule has 2 rings (SSSR count). The van der Waals surface area contributed by atoms with Gasteiger partial charge in [0.15, 0.2) is 0 Å². The summed E-state index contributed by atoms with van der Waals surface area (Å²) in [6.07, 6.45) is -2.70. The molecule has 2 heterocycles. The van der Waals surface area contributed by atoms with Crippen LogP contribution < -0.4 is 5.32 Å². The van der Waals surface area contributed by atoms with Crippen LogP contribution in [0.25, 0.3) is 0 Å². The number of alkyl halides is 3. The number of nitrogens with zero attached hydrogens (tertiary/aromatic N) is 3. The third-order valence-corrected chi connectivity index (χ3v) is 4.15. The van der Waals surface area contributed by atoms with Gasteiger partial charge in [0, 0.05) is 25.1 Å². The molecular weight excluding hydrogens is 317 g/mol. The Bertz CT molecular complexity index is 522. The lowest BCUT2D eigenvalue weighted by molar-refractivity contribution is -0.143. The van der Waals surface area contributed by atoms with Crippen LogP contribution in [0.5, 0.6) is 0 Å². The van der Waals surface area contributed by atoms with Gasteiger partial charge in [-0.25, -0.2) is 9.97 Å². The zero-order valence-electron chi connectivity index (χ0n) is 12.7. The average Bonchev–Trinajstić information content (AvgIpc) is 2.85. The molecule has 4 nitrogen and oxygen atoms in total. The Labute approximate surface area is 133 Å². The van der Waals surface area contributed by atoms with Gasteiger partial charge in [-0.2, -0.15) is 13.2 Å². The molecule has 1 aromatic heterocycles. The van der Waals surface area contributed by atoms with Gasteiger partial charge in [-0.05, 0) is 25.8 Å². The van der Waals surface area contributed by atoms with E-state index in [-0.39, 0.29) is 5.92 Å². The topological polar surface area (TPSA) is 41.1 Å². The molecule has 1 N–H and O–H groups in total. The number of aromatic nitrogens is 2. The van der Waals surface area contributed by atoms with Crippen LogP contribution in [0.15, 0.2) is 0 Å². The van der Waals surface area contributed by atoms with E-state index in [1.54, 1.807) is 0 Å². The van der Waals surface area contributed by atoms with Crippen molar-refractivity contribution in [2.24, 2.45) is 5.92 Å². The van der Waals surface area contributed by atoms with E-state index in [1.807, 2.05) is 13.8 Å². The third kappa shape index (κ3) is 4.71. The summed E-state index contributed by atoms with van der Waals surface area (Å²) in [7, 11) is 0.